The molecule has 3 heteroatoms. The van der Waals surface area contributed by atoms with Crippen molar-refractivity contribution in [3.05, 3.63) is 102 Å². The number of nitrogens with zero attached hydrogens (tertiary/aromatic N) is 1. The third-order valence-corrected chi connectivity index (χ3v) is 4.35. The van der Waals surface area contributed by atoms with E-state index >= 15 is 0 Å². The van der Waals surface area contributed by atoms with Gasteiger partial charge in [-0.25, -0.2) is 4.79 Å². The monoisotopic (exact) mass is 314 g/mol. The summed E-state index contributed by atoms with van der Waals surface area (Å²) < 4.78 is 0. The predicted octanol–water partition coefficient (Wildman–Crippen LogP) is 5.02. The Bertz CT molecular complexity index is 773. The molecule has 0 aromatic heterocycles. The van der Waals surface area contributed by atoms with E-state index < -0.39 is 0 Å². The van der Waals surface area contributed by atoms with Gasteiger partial charge in [0.15, 0.2) is 0 Å². The smallest absolute Gasteiger partial charge is 0.308 e. The molecule has 0 unspecified atom stereocenters. The Morgan fingerprint density at radius 1 is 0.667 bits per heavy atom. The summed E-state index contributed by atoms with van der Waals surface area (Å²) >= 11 is 0. The second kappa shape index (κ2) is 6.20. The van der Waals surface area contributed by atoms with Gasteiger partial charge < -0.3 is 10.2 Å². The van der Waals surface area contributed by atoms with Crippen LogP contribution in [-0.2, 0) is 0 Å². The topological polar surface area (TPSA) is 32.1 Å². The summed E-state index contributed by atoms with van der Waals surface area (Å²) in [6.45, 7) is 0. The van der Waals surface area contributed by atoms with Gasteiger partial charge >= 0.3 is 6.03 Å². The largest absolute Gasteiger partial charge is 0.323 e. The Balaban J connectivity index is 1.61. The molecule has 118 valence electrons. The molecule has 3 nitrogen and oxygen atoms in total. The van der Waals surface area contributed by atoms with Crippen LogP contribution in [0.2, 0.25) is 0 Å². The van der Waals surface area contributed by atoms with Gasteiger partial charge in [0, 0.05) is 5.69 Å². The average molecular weight is 314 g/mol. The minimum absolute atomic E-state index is 0.0658. The van der Waals surface area contributed by atoms with Gasteiger partial charge in [-0.05, 0) is 23.3 Å². The Kier molecular flexibility index (Phi) is 3.75. The van der Waals surface area contributed by atoms with Gasteiger partial charge in [-0.3, -0.25) is 0 Å². The quantitative estimate of drug-likeness (QED) is 0.677. The van der Waals surface area contributed by atoms with Gasteiger partial charge in [0.2, 0.25) is 0 Å². The molecular weight excluding hydrogens is 296 g/mol. The molecule has 1 heterocycles. The molecule has 3 aromatic carbocycles. The Hall–Kier alpha value is -3.07. The van der Waals surface area contributed by atoms with Crippen molar-refractivity contribution >= 4 is 11.7 Å². The molecule has 1 fully saturated rings. The normalized spacial score (nSPS) is 18.9. The number of hydrogen-bond donors (Lipinski definition) is 1. The number of carbonyl (C=O) groups is 1. The molecule has 0 spiro atoms. The third kappa shape index (κ3) is 2.76. The summed E-state index contributed by atoms with van der Waals surface area (Å²) in [5.74, 6) is 0. The SMILES string of the molecule is O=C(Nc1ccccc1)N1[C@H](c2ccccc2)[C@@H]1c1ccccc1. The maximum atomic E-state index is 12.8. The summed E-state index contributed by atoms with van der Waals surface area (Å²) in [5, 5.41) is 2.99. The molecule has 2 amide bonds. The number of nitrogens with one attached hydrogen (secondary N) is 1. The van der Waals surface area contributed by atoms with Crippen molar-refractivity contribution < 1.29 is 4.79 Å². The van der Waals surface area contributed by atoms with E-state index in [0.29, 0.717) is 0 Å². The van der Waals surface area contributed by atoms with E-state index in [0.717, 1.165) is 16.8 Å². The molecule has 0 saturated carbocycles. The van der Waals surface area contributed by atoms with Crippen molar-refractivity contribution in [2.45, 2.75) is 12.1 Å². The fraction of sp³-hybridized carbons (Fsp3) is 0.0952. The summed E-state index contributed by atoms with van der Waals surface area (Å²) in [7, 11) is 0. The molecule has 1 aliphatic rings. The van der Waals surface area contributed by atoms with E-state index in [1.807, 2.05) is 71.6 Å². The van der Waals surface area contributed by atoms with Crippen molar-refractivity contribution in [3.8, 4) is 0 Å². The predicted molar refractivity (Wildman–Crippen MR) is 95.7 cm³/mol. The Morgan fingerprint density at radius 2 is 1.08 bits per heavy atom. The maximum Gasteiger partial charge on any atom is 0.323 e. The molecule has 3 aromatic rings. The van der Waals surface area contributed by atoms with Crippen LogP contribution >= 0.6 is 0 Å². The van der Waals surface area contributed by atoms with Crippen LogP contribution in [0.5, 0.6) is 0 Å². The van der Waals surface area contributed by atoms with E-state index in [1.54, 1.807) is 0 Å². The molecule has 0 aliphatic carbocycles. The van der Waals surface area contributed by atoms with Crippen molar-refractivity contribution in [1.82, 2.24) is 4.90 Å². The number of rotatable bonds is 3. The standard InChI is InChI=1S/C21H18N2O/c24-21(22-18-14-8-3-9-15-18)23-19(16-10-4-1-5-11-16)20(23)17-12-6-2-7-13-17/h1-15,19-20H,(H,22,24)/t19-,20+,23?. The van der Waals surface area contributed by atoms with Gasteiger partial charge in [-0.2, -0.15) is 0 Å². The molecule has 2 atom stereocenters. The first-order valence-electron chi connectivity index (χ1n) is 8.09. The van der Waals surface area contributed by atoms with Gasteiger partial charge in [-0.1, -0.05) is 78.9 Å². The Labute approximate surface area is 141 Å². The van der Waals surface area contributed by atoms with Gasteiger partial charge in [0.05, 0.1) is 12.1 Å². The van der Waals surface area contributed by atoms with Crippen LogP contribution in [0.3, 0.4) is 0 Å². The van der Waals surface area contributed by atoms with E-state index in [9.17, 15) is 4.79 Å². The number of hydrogen-bond acceptors (Lipinski definition) is 1. The summed E-state index contributed by atoms with van der Waals surface area (Å²) in [6.07, 6.45) is 0. The first-order chi connectivity index (χ1) is 11.8. The van der Waals surface area contributed by atoms with Gasteiger partial charge in [-0.15, -0.1) is 0 Å². The number of urea groups is 1. The lowest BCUT2D eigenvalue weighted by molar-refractivity contribution is 0.238. The molecule has 0 bridgehead atoms. The minimum atomic E-state index is -0.0658. The van der Waals surface area contributed by atoms with Crippen LogP contribution in [0.1, 0.15) is 23.2 Å². The minimum Gasteiger partial charge on any atom is -0.308 e. The highest BCUT2D eigenvalue weighted by molar-refractivity contribution is 5.92. The molecule has 4 rings (SSSR count). The third-order valence-electron chi connectivity index (χ3n) is 4.35. The summed E-state index contributed by atoms with van der Waals surface area (Å²) in [5.41, 5.74) is 3.14. The lowest BCUT2D eigenvalue weighted by Crippen LogP contribution is -2.19. The van der Waals surface area contributed by atoms with Crippen LogP contribution in [0.4, 0.5) is 10.5 Å². The average Bonchev–Trinajstić information content (AvgIpc) is 3.40. The highest BCUT2D eigenvalue weighted by Gasteiger charge is 2.52. The van der Waals surface area contributed by atoms with E-state index in [-0.39, 0.29) is 18.1 Å². The highest BCUT2D eigenvalue weighted by Crippen LogP contribution is 2.54. The van der Waals surface area contributed by atoms with Crippen molar-refractivity contribution in [3.63, 3.8) is 0 Å². The molecule has 1 saturated heterocycles. The van der Waals surface area contributed by atoms with Crippen LogP contribution in [0, 0.1) is 0 Å². The van der Waals surface area contributed by atoms with Crippen LogP contribution in [-0.4, -0.2) is 10.9 Å². The van der Waals surface area contributed by atoms with Crippen molar-refractivity contribution in [2.75, 3.05) is 5.32 Å². The van der Waals surface area contributed by atoms with Crippen LogP contribution < -0.4 is 5.32 Å². The molecule has 1 N–H and O–H groups in total. The lowest BCUT2D eigenvalue weighted by atomic mass is 10.0. The molecule has 24 heavy (non-hydrogen) atoms. The zero-order chi connectivity index (χ0) is 16.4. The van der Waals surface area contributed by atoms with Crippen molar-refractivity contribution in [2.24, 2.45) is 0 Å². The molecule has 1 aliphatic heterocycles. The summed E-state index contributed by atoms with van der Waals surface area (Å²) in [4.78, 5) is 14.7. The van der Waals surface area contributed by atoms with Gasteiger partial charge in [0.25, 0.3) is 0 Å². The van der Waals surface area contributed by atoms with E-state index in [1.165, 1.54) is 0 Å². The first-order valence-corrected chi connectivity index (χ1v) is 8.09. The number of carbonyl (C=O) groups excluding carboxylic acids is 1. The second-order valence-electron chi connectivity index (χ2n) is 5.91. The van der Waals surface area contributed by atoms with Crippen molar-refractivity contribution in [1.29, 1.82) is 0 Å². The van der Waals surface area contributed by atoms with Gasteiger partial charge in [0.1, 0.15) is 0 Å². The fourth-order valence-electron chi connectivity index (χ4n) is 3.18. The van der Waals surface area contributed by atoms with Crippen LogP contribution in [0.25, 0.3) is 0 Å². The molecular formula is C21H18N2O. The molecule has 0 radical (unpaired) electrons. The number of anilines is 1. The lowest BCUT2D eigenvalue weighted by Gasteiger charge is -2.08. The number of amides is 2. The first kappa shape index (κ1) is 14.5. The number of para-hydroxylation sites is 1. The second-order valence-corrected chi connectivity index (χ2v) is 5.91. The zero-order valence-electron chi connectivity index (χ0n) is 13.2. The van der Waals surface area contributed by atoms with E-state index in [4.69, 9.17) is 0 Å². The fourth-order valence-corrected chi connectivity index (χ4v) is 3.18. The summed E-state index contributed by atoms with van der Waals surface area (Å²) in [6, 6.07) is 30.0. The van der Waals surface area contributed by atoms with Crippen LogP contribution in [0.15, 0.2) is 91.0 Å². The Morgan fingerprint density at radius 3 is 1.54 bits per heavy atom. The number of benzene rings is 3. The highest BCUT2D eigenvalue weighted by atomic mass is 16.2. The maximum absolute atomic E-state index is 12.8. The van der Waals surface area contributed by atoms with E-state index in [2.05, 4.69) is 29.6 Å². The zero-order valence-corrected chi connectivity index (χ0v) is 13.2.